The quantitative estimate of drug-likeness (QED) is 0.0270. The van der Waals surface area contributed by atoms with Crippen molar-refractivity contribution in [2.75, 3.05) is 33.8 Å². The molecule has 0 bridgehead atoms. The highest BCUT2D eigenvalue weighted by Gasteiger charge is 2.25. The number of nitrogens with zero attached hydrogens (tertiary/aromatic N) is 1. The summed E-state index contributed by atoms with van der Waals surface area (Å²) in [5, 5.41) is 0. The van der Waals surface area contributed by atoms with Crippen molar-refractivity contribution < 1.29 is 47.5 Å². The number of likely N-dealkylation sites (N-methyl/N-ethyl adjacent to an activating group) is 1. The number of unbranched alkanes of at least 4 members (excludes halogenated alkanes) is 28. The zero-order valence-corrected chi connectivity index (χ0v) is 35.9. The molecule has 0 aromatic carbocycles. The minimum Gasteiger partial charge on any atom is -1.00 e. The van der Waals surface area contributed by atoms with Gasteiger partial charge in [0.25, 0.3) is 0 Å². The average molecular weight is 808 g/mol. The lowest BCUT2D eigenvalue weighted by Gasteiger charge is -2.31. The summed E-state index contributed by atoms with van der Waals surface area (Å²) < 4.78 is 12.2. The predicted octanol–water partition coefficient (Wildman–Crippen LogP) is 10.1. The molecule has 5 nitrogen and oxygen atoms in total. The van der Waals surface area contributed by atoms with Crippen molar-refractivity contribution in [3.63, 3.8) is 0 Å². The third kappa shape index (κ3) is 38.7. The summed E-state index contributed by atoms with van der Waals surface area (Å²) in [6.07, 6.45) is 39.9. The maximum absolute atomic E-state index is 12.7. The monoisotopic (exact) mass is 808 g/mol. The minimum atomic E-state index is -0.381. The van der Waals surface area contributed by atoms with E-state index in [0.717, 1.165) is 36.7 Å². The maximum atomic E-state index is 12.7. The fourth-order valence-corrected chi connectivity index (χ4v) is 6.59. The summed E-state index contributed by atoms with van der Waals surface area (Å²) in [6.45, 7) is 8.46. The van der Waals surface area contributed by atoms with Crippen LogP contribution in [0.3, 0.4) is 0 Å². The summed E-state index contributed by atoms with van der Waals surface area (Å²) in [7, 11) is 4.26. The van der Waals surface area contributed by atoms with Crippen molar-refractivity contribution in [2.24, 2.45) is 0 Å². The van der Waals surface area contributed by atoms with Gasteiger partial charge in [-0.05, 0) is 19.8 Å². The predicted molar refractivity (Wildman–Crippen MR) is 207 cm³/mol. The van der Waals surface area contributed by atoms with Crippen LogP contribution >= 0.6 is 0 Å². The highest BCUT2D eigenvalue weighted by atomic mass is 127. The number of ether oxygens (including phenoxy) is 2. The summed E-state index contributed by atoms with van der Waals surface area (Å²) in [6, 6.07) is 0. The normalized spacial score (nSPS) is 12.1. The first kappa shape index (κ1) is 50.7. The minimum absolute atomic E-state index is 0. The van der Waals surface area contributed by atoms with Crippen LogP contribution in [0, 0.1) is 0 Å². The Labute approximate surface area is 324 Å². The number of rotatable bonds is 38. The molecular formula is C43H86INO4. The van der Waals surface area contributed by atoms with E-state index in [1.54, 1.807) is 0 Å². The van der Waals surface area contributed by atoms with E-state index >= 15 is 0 Å². The Hall–Kier alpha value is -0.370. The Balaban J connectivity index is 0. The molecule has 0 saturated carbocycles. The molecule has 0 spiro atoms. The number of hydrogen-bond acceptors (Lipinski definition) is 4. The van der Waals surface area contributed by atoms with E-state index < -0.39 is 0 Å². The number of hydrogen-bond donors (Lipinski definition) is 0. The van der Waals surface area contributed by atoms with Crippen LogP contribution in [0.25, 0.3) is 0 Å². The lowest BCUT2D eigenvalue weighted by molar-refractivity contribution is -0.891. The Morgan fingerprint density at radius 1 is 0.449 bits per heavy atom. The Morgan fingerprint density at radius 2 is 0.735 bits per heavy atom. The average Bonchev–Trinajstić information content (AvgIpc) is 3.07. The molecule has 0 aromatic rings. The molecule has 0 amide bonds. The molecule has 0 aliphatic heterocycles. The first-order valence-corrected chi connectivity index (χ1v) is 21.5. The molecule has 49 heavy (non-hydrogen) atoms. The van der Waals surface area contributed by atoms with Gasteiger partial charge in [0, 0.05) is 12.8 Å². The fourth-order valence-electron chi connectivity index (χ4n) is 6.59. The highest BCUT2D eigenvalue weighted by Crippen LogP contribution is 2.16. The largest absolute Gasteiger partial charge is 1.00 e. The van der Waals surface area contributed by atoms with E-state index in [4.69, 9.17) is 9.47 Å². The second-order valence-electron chi connectivity index (χ2n) is 15.6. The van der Waals surface area contributed by atoms with Crippen LogP contribution in [0.1, 0.15) is 226 Å². The Kier molecular flexibility index (Phi) is 40.2. The molecule has 0 N–H and O–H groups in total. The van der Waals surface area contributed by atoms with Gasteiger partial charge in [0.2, 0.25) is 0 Å². The van der Waals surface area contributed by atoms with Crippen molar-refractivity contribution in [3.05, 3.63) is 0 Å². The zero-order chi connectivity index (χ0) is 35.4. The van der Waals surface area contributed by atoms with Crippen LogP contribution in [0.4, 0.5) is 0 Å². The second kappa shape index (κ2) is 38.9. The van der Waals surface area contributed by atoms with Crippen LogP contribution in [-0.2, 0) is 19.1 Å². The molecule has 0 rings (SSSR count). The molecule has 1 unspecified atom stereocenters. The molecule has 6 heteroatoms. The number of halogens is 1. The molecule has 294 valence electrons. The lowest BCUT2D eigenvalue weighted by atomic mass is 10.0. The lowest BCUT2D eigenvalue weighted by Crippen LogP contribution is -3.00. The van der Waals surface area contributed by atoms with E-state index in [9.17, 15) is 9.59 Å². The molecule has 0 heterocycles. The van der Waals surface area contributed by atoms with Gasteiger partial charge in [0.1, 0.15) is 13.2 Å². The van der Waals surface area contributed by atoms with E-state index in [1.807, 2.05) is 0 Å². The summed E-state index contributed by atoms with van der Waals surface area (Å²) in [4.78, 5) is 25.1. The molecule has 0 aromatic heterocycles. The standard InChI is InChI=1S/C43H86NO4.HI/c1-6-9-11-13-15-17-19-21-23-25-27-29-31-33-35-37-42(45)47-40-41(39-44(4,5)8-3)48-43(46)38-36-34-32-30-28-26-24-22-20-18-16-14-12-10-7-2;/h41H,6-40H2,1-5H3;1H/q+1;/p-1. The highest BCUT2D eigenvalue weighted by molar-refractivity contribution is 5.70. The summed E-state index contributed by atoms with van der Waals surface area (Å²) in [5.41, 5.74) is 0. The van der Waals surface area contributed by atoms with Gasteiger partial charge in [-0.1, -0.05) is 194 Å². The van der Waals surface area contributed by atoms with Crippen LogP contribution in [0.2, 0.25) is 0 Å². The Bertz CT molecular complexity index is 701. The van der Waals surface area contributed by atoms with E-state index in [-0.39, 0.29) is 48.6 Å². The maximum Gasteiger partial charge on any atom is 0.306 e. The SMILES string of the molecule is CCCCCCCCCCCCCCCCCC(=O)OCC(C[N+](C)(C)CC)OC(=O)CCCCCCCCCCCCCCCCC.[I-]. The van der Waals surface area contributed by atoms with Gasteiger partial charge in [-0.2, -0.15) is 0 Å². The fraction of sp³-hybridized carbons (Fsp3) is 0.953. The molecule has 0 aliphatic rings. The third-order valence-corrected chi connectivity index (χ3v) is 10.3. The Morgan fingerprint density at radius 3 is 1.04 bits per heavy atom. The van der Waals surface area contributed by atoms with Crippen LogP contribution in [0.15, 0.2) is 0 Å². The molecule has 0 aliphatic carbocycles. The van der Waals surface area contributed by atoms with Gasteiger partial charge < -0.3 is 37.9 Å². The molecule has 0 fully saturated rings. The van der Waals surface area contributed by atoms with Crippen molar-refractivity contribution in [1.29, 1.82) is 0 Å². The van der Waals surface area contributed by atoms with E-state index in [2.05, 4.69) is 34.9 Å². The van der Waals surface area contributed by atoms with Crippen molar-refractivity contribution in [3.8, 4) is 0 Å². The zero-order valence-electron chi connectivity index (χ0n) is 33.8. The first-order valence-electron chi connectivity index (χ1n) is 21.5. The van der Waals surface area contributed by atoms with E-state index in [0.29, 0.717) is 19.4 Å². The number of carbonyl (C=O) groups excluding carboxylic acids is 2. The summed E-state index contributed by atoms with van der Waals surface area (Å²) >= 11 is 0. The van der Waals surface area contributed by atoms with Gasteiger partial charge in [-0.25, -0.2) is 0 Å². The number of quaternary nitrogens is 1. The van der Waals surface area contributed by atoms with Gasteiger partial charge >= 0.3 is 11.9 Å². The van der Waals surface area contributed by atoms with Crippen molar-refractivity contribution in [1.82, 2.24) is 0 Å². The van der Waals surface area contributed by atoms with Crippen LogP contribution in [0.5, 0.6) is 0 Å². The third-order valence-electron chi connectivity index (χ3n) is 10.3. The smallest absolute Gasteiger partial charge is 0.306 e. The number of carbonyl (C=O) groups is 2. The summed E-state index contributed by atoms with van der Waals surface area (Å²) in [5.74, 6) is -0.306. The van der Waals surface area contributed by atoms with Gasteiger partial charge in [0.15, 0.2) is 6.10 Å². The second-order valence-corrected chi connectivity index (χ2v) is 15.6. The first-order chi connectivity index (χ1) is 23.3. The van der Waals surface area contributed by atoms with Crippen molar-refractivity contribution >= 4 is 11.9 Å². The molecular weight excluding hydrogens is 721 g/mol. The van der Waals surface area contributed by atoms with Gasteiger partial charge in [0.05, 0.1) is 20.6 Å². The molecule has 1 atom stereocenters. The molecule has 0 radical (unpaired) electrons. The van der Waals surface area contributed by atoms with Gasteiger partial charge in [-0.15, -0.1) is 0 Å². The van der Waals surface area contributed by atoms with Crippen LogP contribution < -0.4 is 24.0 Å². The van der Waals surface area contributed by atoms with E-state index in [1.165, 1.54) is 167 Å². The van der Waals surface area contributed by atoms with Crippen molar-refractivity contribution in [2.45, 2.75) is 232 Å². The topological polar surface area (TPSA) is 52.6 Å². The molecule has 0 saturated heterocycles. The van der Waals surface area contributed by atoms with Crippen LogP contribution in [-0.4, -0.2) is 56.3 Å². The van der Waals surface area contributed by atoms with Gasteiger partial charge in [-0.3, -0.25) is 9.59 Å². The number of esters is 2.